The van der Waals surface area contributed by atoms with Gasteiger partial charge in [0.15, 0.2) is 0 Å². The fourth-order valence-electron chi connectivity index (χ4n) is 1.85. The van der Waals surface area contributed by atoms with Gasteiger partial charge in [-0.2, -0.15) is 0 Å². The molecule has 0 aromatic heterocycles. The summed E-state index contributed by atoms with van der Waals surface area (Å²) in [6.07, 6.45) is 1.36. The third-order valence-corrected chi connectivity index (χ3v) is 2.97. The molecule has 1 amide bonds. The summed E-state index contributed by atoms with van der Waals surface area (Å²) in [5, 5.41) is 0. The van der Waals surface area contributed by atoms with Gasteiger partial charge in [0, 0.05) is 13.6 Å². The van der Waals surface area contributed by atoms with E-state index in [4.69, 9.17) is 0 Å². The molecule has 1 saturated carbocycles. The van der Waals surface area contributed by atoms with Crippen molar-refractivity contribution in [2.45, 2.75) is 13.3 Å². The first-order valence-electron chi connectivity index (χ1n) is 4.63. The highest BCUT2D eigenvalue weighted by Gasteiger charge is 2.36. The average molecular weight is 168 g/mol. The SMILES string of the molecule is CC1CC1CN1CC(=O)N(C)C1. The van der Waals surface area contributed by atoms with Crippen molar-refractivity contribution < 1.29 is 4.79 Å². The zero-order valence-corrected chi connectivity index (χ0v) is 7.79. The van der Waals surface area contributed by atoms with E-state index in [0.29, 0.717) is 6.54 Å². The van der Waals surface area contributed by atoms with Gasteiger partial charge in [-0.25, -0.2) is 0 Å². The number of hydrogen-bond donors (Lipinski definition) is 0. The molecule has 2 atom stereocenters. The van der Waals surface area contributed by atoms with Gasteiger partial charge < -0.3 is 4.90 Å². The van der Waals surface area contributed by atoms with E-state index in [1.54, 1.807) is 4.90 Å². The second-order valence-electron chi connectivity index (χ2n) is 4.22. The predicted molar refractivity (Wildman–Crippen MR) is 46.5 cm³/mol. The van der Waals surface area contributed by atoms with Crippen LogP contribution in [-0.2, 0) is 4.79 Å². The Bertz CT molecular complexity index is 205. The number of amides is 1. The summed E-state index contributed by atoms with van der Waals surface area (Å²) in [5.74, 6) is 2.03. The first-order chi connectivity index (χ1) is 5.66. The van der Waals surface area contributed by atoms with Crippen LogP contribution in [0.4, 0.5) is 0 Å². The topological polar surface area (TPSA) is 23.6 Å². The van der Waals surface area contributed by atoms with Gasteiger partial charge in [-0.3, -0.25) is 9.69 Å². The zero-order valence-electron chi connectivity index (χ0n) is 7.79. The second-order valence-corrected chi connectivity index (χ2v) is 4.22. The van der Waals surface area contributed by atoms with Crippen molar-refractivity contribution >= 4 is 5.91 Å². The summed E-state index contributed by atoms with van der Waals surface area (Å²) >= 11 is 0. The van der Waals surface area contributed by atoms with Crippen molar-refractivity contribution in [2.75, 3.05) is 26.8 Å². The normalized spacial score (nSPS) is 36.2. The number of nitrogens with zero attached hydrogens (tertiary/aromatic N) is 2. The Morgan fingerprint density at radius 3 is 2.67 bits per heavy atom. The van der Waals surface area contributed by atoms with E-state index in [1.807, 2.05) is 7.05 Å². The van der Waals surface area contributed by atoms with Gasteiger partial charge in [-0.15, -0.1) is 0 Å². The molecule has 0 N–H and O–H groups in total. The first kappa shape index (κ1) is 8.05. The molecular weight excluding hydrogens is 152 g/mol. The number of hydrogen-bond acceptors (Lipinski definition) is 2. The monoisotopic (exact) mass is 168 g/mol. The van der Waals surface area contributed by atoms with Gasteiger partial charge in [-0.05, 0) is 18.3 Å². The third kappa shape index (κ3) is 1.46. The molecule has 2 fully saturated rings. The summed E-state index contributed by atoms with van der Waals surface area (Å²) in [6.45, 7) is 4.88. The largest absolute Gasteiger partial charge is 0.332 e. The lowest BCUT2D eigenvalue weighted by Crippen LogP contribution is -2.25. The van der Waals surface area contributed by atoms with Crippen LogP contribution in [0.15, 0.2) is 0 Å². The summed E-state index contributed by atoms with van der Waals surface area (Å²) in [5.41, 5.74) is 0. The fourth-order valence-corrected chi connectivity index (χ4v) is 1.85. The predicted octanol–water partition coefficient (Wildman–Crippen LogP) is 0.374. The van der Waals surface area contributed by atoms with Crippen molar-refractivity contribution in [3.8, 4) is 0 Å². The molecule has 0 bridgehead atoms. The molecule has 0 aromatic carbocycles. The minimum atomic E-state index is 0.267. The van der Waals surface area contributed by atoms with Gasteiger partial charge in [0.05, 0.1) is 13.2 Å². The Balaban J connectivity index is 1.80. The van der Waals surface area contributed by atoms with Gasteiger partial charge >= 0.3 is 0 Å². The van der Waals surface area contributed by atoms with Crippen LogP contribution in [0.1, 0.15) is 13.3 Å². The van der Waals surface area contributed by atoms with E-state index in [1.165, 1.54) is 6.42 Å². The molecule has 1 aliphatic carbocycles. The molecule has 1 heterocycles. The fraction of sp³-hybridized carbons (Fsp3) is 0.889. The molecule has 68 valence electrons. The molecule has 12 heavy (non-hydrogen) atoms. The maximum atomic E-state index is 11.2. The quantitative estimate of drug-likeness (QED) is 0.595. The smallest absolute Gasteiger partial charge is 0.237 e. The standard InChI is InChI=1S/C9H16N2O/c1-7-3-8(7)4-11-5-9(12)10(2)6-11/h7-8H,3-6H2,1-2H3. The van der Waals surface area contributed by atoms with Crippen LogP contribution in [0.25, 0.3) is 0 Å². The van der Waals surface area contributed by atoms with E-state index in [2.05, 4.69) is 11.8 Å². The molecule has 2 unspecified atom stereocenters. The number of carbonyl (C=O) groups excluding carboxylic acids is 1. The van der Waals surface area contributed by atoms with Gasteiger partial charge in [-0.1, -0.05) is 6.92 Å². The van der Waals surface area contributed by atoms with E-state index < -0.39 is 0 Å². The third-order valence-electron chi connectivity index (χ3n) is 2.97. The minimum absolute atomic E-state index is 0.267. The Morgan fingerprint density at radius 2 is 2.25 bits per heavy atom. The minimum Gasteiger partial charge on any atom is -0.332 e. The highest BCUT2D eigenvalue weighted by Crippen LogP contribution is 2.38. The summed E-state index contributed by atoms with van der Waals surface area (Å²) < 4.78 is 0. The van der Waals surface area contributed by atoms with Crippen LogP contribution in [0.5, 0.6) is 0 Å². The zero-order chi connectivity index (χ0) is 8.72. The lowest BCUT2D eigenvalue weighted by molar-refractivity contribution is -0.125. The molecule has 1 aliphatic heterocycles. The lowest BCUT2D eigenvalue weighted by atomic mass is 10.3. The van der Waals surface area contributed by atoms with Crippen molar-refractivity contribution in [2.24, 2.45) is 11.8 Å². The van der Waals surface area contributed by atoms with Crippen molar-refractivity contribution in [1.29, 1.82) is 0 Å². The molecule has 0 radical (unpaired) electrons. The molecule has 3 heteroatoms. The molecular formula is C9H16N2O. The van der Waals surface area contributed by atoms with Gasteiger partial charge in [0.25, 0.3) is 0 Å². The molecule has 2 aliphatic rings. The van der Waals surface area contributed by atoms with Crippen LogP contribution in [0, 0.1) is 11.8 Å². The van der Waals surface area contributed by atoms with Crippen LogP contribution < -0.4 is 0 Å². The molecule has 2 rings (SSSR count). The average Bonchev–Trinajstić information content (AvgIpc) is 2.56. The highest BCUT2D eigenvalue weighted by molar-refractivity contribution is 5.79. The van der Waals surface area contributed by atoms with E-state index in [-0.39, 0.29) is 5.91 Å². The van der Waals surface area contributed by atoms with Crippen molar-refractivity contribution in [3.05, 3.63) is 0 Å². The Labute approximate surface area is 73.3 Å². The number of carbonyl (C=O) groups is 1. The molecule has 0 aromatic rings. The number of likely N-dealkylation sites (N-methyl/N-ethyl adjacent to an activating group) is 1. The maximum Gasteiger partial charge on any atom is 0.237 e. The van der Waals surface area contributed by atoms with Crippen LogP contribution in [0.3, 0.4) is 0 Å². The lowest BCUT2D eigenvalue weighted by Gasteiger charge is -2.13. The summed E-state index contributed by atoms with van der Waals surface area (Å²) in [6, 6.07) is 0. The molecule has 0 spiro atoms. The summed E-state index contributed by atoms with van der Waals surface area (Å²) in [4.78, 5) is 15.2. The van der Waals surface area contributed by atoms with E-state index in [9.17, 15) is 4.79 Å². The molecule has 3 nitrogen and oxygen atoms in total. The van der Waals surface area contributed by atoms with E-state index in [0.717, 1.165) is 25.0 Å². The Morgan fingerprint density at radius 1 is 1.58 bits per heavy atom. The first-order valence-corrected chi connectivity index (χ1v) is 4.63. The Kier molecular flexibility index (Phi) is 1.83. The maximum absolute atomic E-state index is 11.2. The summed E-state index contributed by atoms with van der Waals surface area (Å²) in [7, 11) is 1.87. The second kappa shape index (κ2) is 2.73. The number of rotatable bonds is 2. The molecule has 1 saturated heterocycles. The van der Waals surface area contributed by atoms with Crippen LogP contribution in [-0.4, -0.2) is 42.5 Å². The van der Waals surface area contributed by atoms with Crippen molar-refractivity contribution in [3.63, 3.8) is 0 Å². The van der Waals surface area contributed by atoms with Crippen LogP contribution >= 0.6 is 0 Å². The van der Waals surface area contributed by atoms with Crippen LogP contribution in [0.2, 0.25) is 0 Å². The Hall–Kier alpha value is -0.570. The van der Waals surface area contributed by atoms with E-state index >= 15 is 0 Å². The van der Waals surface area contributed by atoms with Gasteiger partial charge in [0.1, 0.15) is 0 Å². The highest BCUT2D eigenvalue weighted by atomic mass is 16.2. The van der Waals surface area contributed by atoms with Gasteiger partial charge in [0.2, 0.25) is 5.91 Å². The van der Waals surface area contributed by atoms with Crippen molar-refractivity contribution in [1.82, 2.24) is 9.80 Å².